The standard InChI is InChI=1S/C27H27NO4/c1-5-18-9-7-8-10-22(18)28-23-17-26(19-11-13-25(29-3)27(15-19)30-4)32-24-14-12-20(31-6-2)16-21(23)24/h7-17H,5-6H2,1-4H3. The topological polar surface area (TPSA) is 53.2 Å². The number of hydrogen-bond acceptors (Lipinski definition) is 5. The van der Waals surface area contributed by atoms with Gasteiger partial charge in [0.25, 0.3) is 0 Å². The molecule has 0 unspecified atom stereocenters. The number of ether oxygens (including phenoxy) is 3. The van der Waals surface area contributed by atoms with Gasteiger partial charge in [0.05, 0.1) is 31.9 Å². The third-order valence-corrected chi connectivity index (χ3v) is 5.31. The molecule has 0 aliphatic carbocycles. The predicted octanol–water partition coefficient (Wildman–Crippen LogP) is 6.31. The second kappa shape index (κ2) is 9.60. The van der Waals surface area contributed by atoms with Crippen LogP contribution < -0.4 is 19.6 Å². The van der Waals surface area contributed by atoms with E-state index in [1.807, 2.05) is 67.6 Å². The Morgan fingerprint density at radius 2 is 1.66 bits per heavy atom. The number of fused-ring (bicyclic) bond motifs is 1. The summed E-state index contributed by atoms with van der Waals surface area (Å²) in [5, 5.41) is 1.71. The van der Waals surface area contributed by atoms with Gasteiger partial charge in [-0.15, -0.1) is 0 Å². The van der Waals surface area contributed by atoms with Gasteiger partial charge in [-0.1, -0.05) is 25.1 Å². The number of methoxy groups -OCH3 is 2. The van der Waals surface area contributed by atoms with Gasteiger partial charge in [0.1, 0.15) is 17.1 Å². The molecule has 3 aromatic carbocycles. The maximum Gasteiger partial charge on any atom is 0.161 e. The van der Waals surface area contributed by atoms with Crippen molar-refractivity contribution in [1.29, 1.82) is 0 Å². The first-order valence-electron chi connectivity index (χ1n) is 10.7. The van der Waals surface area contributed by atoms with Gasteiger partial charge in [-0.3, -0.25) is 0 Å². The molecule has 0 N–H and O–H groups in total. The Morgan fingerprint density at radius 3 is 2.41 bits per heavy atom. The lowest BCUT2D eigenvalue weighted by Crippen LogP contribution is -2.04. The Morgan fingerprint density at radius 1 is 0.844 bits per heavy atom. The van der Waals surface area contributed by atoms with Crippen LogP contribution >= 0.6 is 0 Å². The van der Waals surface area contributed by atoms with Crippen molar-refractivity contribution in [2.75, 3.05) is 20.8 Å². The molecule has 32 heavy (non-hydrogen) atoms. The van der Waals surface area contributed by atoms with Crippen molar-refractivity contribution in [2.24, 2.45) is 4.99 Å². The first-order valence-corrected chi connectivity index (χ1v) is 10.7. The molecule has 0 spiro atoms. The summed E-state index contributed by atoms with van der Waals surface area (Å²) in [6.07, 6.45) is 0.904. The summed E-state index contributed by atoms with van der Waals surface area (Å²) < 4.78 is 22.8. The maximum atomic E-state index is 6.28. The van der Waals surface area contributed by atoms with E-state index in [0.717, 1.165) is 39.7 Å². The predicted molar refractivity (Wildman–Crippen MR) is 127 cm³/mol. The van der Waals surface area contributed by atoms with Crippen molar-refractivity contribution in [1.82, 2.24) is 0 Å². The highest BCUT2D eigenvalue weighted by Crippen LogP contribution is 2.33. The van der Waals surface area contributed by atoms with Gasteiger partial charge in [-0.2, -0.15) is 0 Å². The quantitative estimate of drug-likeness (QED) is 0.345. The minimum absolute atomic E-state index is 0.595. The van der Waals surface area contributed by atoms with Crippen molar-refractivity contribution in [3.8, 4) is 28.6 Å². The van der Waals surface area contributed by atoms with Gasteiger partial charge in [0.2, 0.25) is 0 Å². The fourth-order valence-electron chi connectivity index (χ4n) is 3.68. The van der Waals surface area contributed by atoms with Crippen LogP contribution in [-0.2, 0) is 6.42 Å². The molecule has 0 aliphatic rings. The Hall–Kier alpha value is -3.73. The Balaban J connectivity index is 1.97. The highest BCUT2D eigenvalue weighted by Gasteiger charge is 2.11. The van der Waals surface area contributed by atoms with Gasteiger partial charge in [-0.05, 0) is 61.4 Å². The summed E-state index contributed by atoms with van der Waals surface area (Å²) in [6, 6.07) is 21.7. The van der Waals surface area contributed by atoms with Crippen molar-refractivity contribution in [2.45, 2.75) is 20.3 Å². The van der Waals surface area contributed by atoms with Crippen LogP contribution in [0.2, 0.25) is 0 Å². The fraction of sp³-hybridized carbons (Fsp3) is 0.222. The summed E-state index contributed by atoms with van der Waals surface area (Å²) >= 11 is 0. The van der Waals surface area contributed by atoms with Crippen LogP contribution in [0.25, 0.3) is 22.3 Å². The summed E-state index contributed by atoms with van der Waals surface area (Å²) in [5.41, 5.74) is 3.74. The zero-order chi connectivity index (χ0) is 22.5. The summed E-state index contributed by atoms with van der Waals surface area (Å²) in [5.74, 6) is 2.78. The normalized spacial score (nSPS) is 11.6. The first kappa shape index (κ1) is 21.5. The molecule has 0 atom stereocenters. The minimum Gasteiger partial charge on any atom is -0.494 e. The van der Waals surface area contributed by atoms with Crippen LogP contribution in [0.15, 0.2) is 76.1 Å². The Bertz CT molecular complexity index is 1310. The lowest BCUT2D eigenvalue weighted by Gasteiger charge is -2.11. The lowest BCUT2D eigenvalue weighted by molar-refractivity contribution is 0.340. The largest absolute Gasteiger partial charge is 0.494 e. The minimum atomic E-state index is 0.595. The molecule has 1 aromatic heterocycles. The van der Waals surface area contributed by atoms with Crippen molar-refractivity contribution in [3.63, 3.8) is 0 Å². The Kier molecular flexibility index (Phi) is 6.45. The van der Waals surface area contributed by atoms with Crippen molar-refractivity contribution >= 4 is 16.7 Å². The van der Waals surface area contributed by atoms with Crippen LogP contribution in [0.3, 0.4) is 0 Å². The molecule has 4 rings (SSSR count). The maximum absolute atomic E-state index is 6.28. The van der Waals surface area contributed by atoms with Crippen LogP contribution in [0, 0.1) is 0 Å². The van der Waals surface area contributed by atoms with E-state index >= 15 is 0 Å². The van der Waals surface area contributed by atoms with E-state index < -0.39 is 0 Å². The molecule has 1 heterocycles. The van der Waals surface area contributed by atoms with E-state index in [2.05, 4.69) is 13.0 Å². The van der Waals surface area contributed by atoms with Crippen LogP contribution in [0.1, 0.15) is 19.4 Å². The molecule has 0 bridgehead atoms. The van der Waals surface area contributed by atoms with Gasteiger partial charge in [-0.25, -0.2) is 4.99 Å². The lowest BCUT2D eigenvalue weighted by atomic mass is 10.1. The number of para-hydroxylation sites is 1. The summed E-state index contributed by atoms with van der Waals surface area (Å²) in [6.45, 7) is 4.70. The van der Waals surface area contributed by atoms with Crippen molar-refractivity contribution in [3.05, 3.63) is 77.7 Å². The monoisotopic (exact) mass is 429 g/mol. The first-order chi connectivity index (χ1) is 15.7. The molecule has 0 amide bonds. The molecule has 0 saturated carbocycles. The van der Waals surface area contributed by atoms with Gasteiger partial charge < -0.3 is 18.6 Å². The molecule has 0 saturated heterocycles. The van der Waals surface area contributed by atoms with E-state index in [9.17, 15) is 0 Å². The van der Waals surface area contributed by atoms with Crippen LogP contribution in [0.5, 0.6) is 17.2 Å². The third-order valence-electron chi connectivity index (χ3n) is 5.31. The summed E-state index contributed by atoms with van der Waals surface area (Å²) in [4.78, 5) is 5.03. The SMILES string of the molecule is CCOc1ccc2oc(-c3ccc(OC)c(OC)c3)cc(=Nc3ccccc3CC)c2c1. The number of hydrogen-bond donors (Lipinski definition) is 0. The van der Waals surface area contributed by atoms with Gasteiger partial charge >= 0.3 is 0 Å². The van der Waals surface area contributed by atoms with Gasteiger partial charge in [0, 0.05) is 17.0 Å². The highest BCUT2D eigenvalue weighted by molar-refractivity contribution is 5.80. The van der Waals surface area contributed by atoms with E-state index in [0.29, 0.717) is 23.9 Å². The zero-order valence-corrected chi connectivity index (χ0v) is 18.8. The third kappa shape index (κ3) is 4.33. The fourth-order valence-corrected chi connectivity index (χ4v) is 3.68. The number of aryl methyl sites for hydroxylation is 1. The van der Waals surface area contributed by atoms with Gasteiger partial charge in [0.15, 0.2) is 11.5 Å². The van der Waals surface area contributed by atoms with Crippen LogP contribution in [-0.4, -0.2) is 20.8 Å². The molecule has 0 radical (unpaired) electrons. The average molecular weight is 430 g/mol. The zero-order valence-electron chi connectivity index (χ0n) is 18.8. The highest BCUT2D eigenvalue weighted by atomic mass is 16.5. The Labute approximate surface area is 187 Å². The van der Waals surface area contributed by atoms with E-state index in [1.165, 1.54) is 5.56 Å². The molecule has 164 valence electrons. The average Bonchev–Trinajstić information content (AvgIpc) is 2.84. The molecular formula is C27H27NO4. The molecule has 0 fully saturated rings. The molecule has 5 nitrogen and oxygen atoms in total. The second-order valence-corrected chi connectivity index (χ2v) is 7.25. The van der Waals surface area contributed by atoms with Crippen LogP contribution in [0.4, 0.5) is 5.69 Å². The molecular weight excluding hydrogens is 402 g/mol. The number of rotatable bonds is 7. The summed E-state index contributed by atoms with van der Waals surface area (Å²) in [7, 11) is 3.24. The molecule has 4 aromatic rings. The second-order valence-electron chi connectivity index (χ2n) is 7.25. The number of benzene rings is 3. The van der Waals surface area contributed by atoms with E-state index in [-0.39, 0.29) is 0 Å². The van der Waals surface area contributed by atoms with E-state index in [1.54, 1.807) is 14.2 Å². The smallest absolute Gasteiger partial charge is 0.161 e. The van der Waals surface area contributed by atoms with E-state index in [4.69, 9.17) is 23.6 Å². The molecule has 5 heteroatoms. The molecule has 0 aliphatic heterocycles. The number of nitrogens with zero attached hydrogens (tertiary/aromatic N) is 1. The van der Waals surface area contributed by atoms with Crippen molar-refractivity contribution < 1.29 is 18.6 Å².